The van der Waals surface area contributed by atoms with Crippen molar-refractivity contribution >= 4 is 41.8 Å². The Hall–Kier alpha value is -1.78. The Morgan fingerprint density at radius 2 is 2.23 bits per heavy atom. The first-order valence-electron chi connectivity index (χ1n) is 8.73. The van der Waals surface area contributed by atoms with E-state index >= 15 is 0 Å². The SMILES string of the molecule is CCNC(=NCCNC(=O)c1ccco1)N1CCCC(CC(N)=O)C1.I. The van der Waals surface area contributed by atoms with E-state index < -0.39 is 0 Å². The van der Waals surface area contributed by atoms with E-state index in [2.05, 4.69) is 20.5 Å². The number of nitrogens with two attached hydrogens (primary N) is 1. The molecule has 2 heterocycles. The Morgan fingerprint density at radius 3 is 2.88 bits per heavy atom. The molecule has 4 N–H and O–H groups in total. The van der Waals surface area contributed by atoms with Crippen molar-refractivity contribution in [2.75, 3.05) is 32.7 Å². The van der Waals surface area contributed by atoms with Gasteiger partial charge in [-0.3, -0.25) is 14.6 Å². The van der Waals surface area contributed by atoms with E-state index in [-0.39, 0.29) is 41.7 Å². The lowest BCUT2D eigenvalue weighted by Gasteiger charge is -2.34. The van der Waals surface area contributed by atoms with Crippen molar-refractivity contribution in [3.63, 3.8) is 0 Å². The number of aliphatic imine (C=N–C) groups is 1. The molecule has 1 atom stereocenters. The van der Waals surface area contributed by atoms with Crippen LogP contribution in [0.25, 0.3) is 0 Å². The van der Waals surface area contributed by atoms with Crippen LogP contribution in [0.2, 0.25) is 0 Å². The lowest BCUT2D eigenvalue weighted by molar-refractivity contribution is -0.119. The Kier molecular flexibility index (Phi) is 10.1. The lowest BCUT2D eigenvalue weighted by Crippen LogP contribution is -2.47. The predicted octanol–water partition coefficient (Wildman–Crippen LogP) is 1.18. The maximum atomic E-state index is 11.8. The van der Waals surface area contributed by atoms with Gasteiger partial charge in [-0.25, -0.2) is 0 Å². The molecule has 8 nitrogen and oxygen atoms in total. The maximum Gasteiger partial charge on any atom is 0.287 e. The third-order valence-electron chi connectivity index (χ3n) is 4.05. The van der Waals surface area contributed by atoms with Gasteiger partial charge in [0.15, 0.2) is 11.7 Å². The summed E-state index contributed by atoms with van der Waals surface area (Å²) in [7, 11) is 0. The van der Waals surface area contributed by atoms with E-state index in [0.717, 1.165) is 38.4 Å². The molecule has 1 fully saturated rings. The van der Waals surface area contributed by atoms with Crippen molar-refractivity contribution < 1.29 is 14.0 Å². The first kappa shape index (κ1) is 22.3. The van der Waals surface area contributed by atoms with Gasteiger partial charge in [-0.2, -0.15) is 0 Å². The smallest absolute Gasteiger partial charge is 0.287 e. The van der Waals surface area contributed by atoms with Crippen molar-refractivity contribution in [3.8, 4) is 0 Å². The number of carbonyl (C=O) groups is 2. The van der Waals surface area contributed by atoms with Gasteiger partial charge in [-0.1, -0.05) is 0 Å². The number of primary amides is 1. The Balaban J connectivity index is 0.00000338. The largest absolute Gasteiger partial charge is 0.459 e. The van der Waals surface area contributed by atoms with Crippen LogP contribution < -0.4 is 16.4 Å². The first-order valence-corrected chi connectivity index (χ1v) is 8.73. The summed E-state index contributed by atoms with van der Waals surface area (Å²) in [5.41, 5.74) is 5.32. The second-order valence-corrected chi connectivity index (χ2v) is 6.09. The molecule has 0 spiro atoms. The minimum atomic E-state index is -0.255. The summed E-state index contributed by atoms with van der Waals surface area (Å²) in [6.45, 7) is 5.33. The molecule has 0 bridgehead atoms. The number of furan rings is 1. The number of guanidine groups is 1. The van der Waals surface area contributed by atoms with Crippen LogP contribution in [0.5, 0.6) is 0 Å². The maximum absolute atomic E-state index is 11.8. The minimum Gasteiger partial charge on any atom is -0.459 e. The summed E-state index contributed by atoms with van der Waals surface area (Å²) in [5, 5.41) is 6.04. The number of piperidine rings is 1. The number of nitrogens with zero attached hydrogens (tertiary/aromatic N) is 2. The number of hydrogen-bond acceptors (Lipinski definition) is 4. The second-order valence-electron chi connectivity index (χ2n) is 6.09. The van der Waals surface area contributed by atoms with Crippen LogP contribution in [0, 0.1) is 5.92 Å². The van der Waals surface area contributed by atoms with Gasteiger partial charge in [0.2, 0.25) is 5.91 Å². The van der Waals surface area contributed by atoms with E-state index in [9.17, 15) is 9.59 Å². The van der Waals surface area contributed by atoms with Gasteiger partial charge in [0, 0.05) is 32.6 Å². The van der Waals surface area contributed by atoms with Gasteiger partial charge in [0.05, 0.1) is 12.8 Å². The summed E-state index contributed by atoms with van der Waals surface area (Å²) in [6.07, 6.45) is 3.90. The molecule has 9 heteroatoms. The van der Waals surface area contributed by atoms with Crippen LogP contribution >= 0.6 is 24.0 Å². The zero-order valence-electron chi connectivity index (χ0n) is 15.1. The predicted molar refractivity (Wildman–Crippen MR) is 111 cm³/mol. The molecule has 0 radical (unpaired) electrons. The van der Waals surface area contributed by atoms with Crippen molar-refractivity contribution in [1.82, 2.24) is 15.5 Å². The Morgan fingerprint density at radius 1 is 1.42 bits per heavy atom. The molecule has 1 aliphatic heterocycles. The summed E-state index contributed by atoms with van der Waals surface area (Å²) in [5.74, 6) is 0.873. The second kappa shape index (κ2) is 11.8. The van der Waals surface area contributed by atoms with Gasteiger partial charge >= 0.3 is 0 Å². The highest BCUT2D eigenvalue weighted by molar-refractivity contribution is 14.0. The van der Waals surface area contributed by atoms with Crippen LogP contribution in [0.1, 0.15) is 36.7 Å². The van der Waals surface area contributed by atoms with Gasteiger partial charge in [0.25, 0.3) is 5.91 Å². The molecule has 0 aromatic carbocycles. The highest BCUT2D eigenvalue weighted by Crippen LogP contribution is 2.19. The normalized spacial score (nSPS) is 17.3. The molecular weight excluding hydrogens is 449 g/mol. The average Bonchev–Trinajstić information content (AvgIpc) is 3.12. The molecule has 1 aromatic rings. The molecule has 146 valence electrons. The molecule has 0 saturated carbocycles. The average molecular weight is 477 g/mol. The van der Waals surface area contributed by atoms with Gasteiger partial charge in [-0.05, 0) is 37.8 Å². The first-order chi connectivity index (χ1) is 12.1. The standard InChI is InChI=1S/C17H27N5O3.HI/c1-2-19-17(22-9-3-5-13(12-22)11-15(18)23)21-8-7-20-16(24)14-6-4-10-25-14;/h4,6,10,13H,2-3,5,7-9,11-12H2,1H3,(H2,18,23)(H,19,21)(H,20,24);1H. The lowest BCUT2D eigenvalue weighted by atomic mass is 9.95. The van der Waals surface area contributed by atoms with E-state index in [1.54, 1.807) is 12.1 Å². The number of rotatable bonds is 7. The van der Waals surface area contributed by atoms with E-state index in [0.29, 0.717) is 25.3 Å². The number of amides is 2. The highest BCUT2D eigenvalue weighted by atomic mass is 127. The highest BCUT2D eigenvalue weighted by Gasteiger charge is 2.23. The molecule has 26 heavy (non-hydrogen) atoms. The Bertz CT molecular complexity index is 591. The van der Waals surface area contributed by atoms with Crippen molar-refractivity contribution in [2.45, 2.75) is 26.2 Å². The van der Waals surface area contributed by atoms with Crippen LogP contribution in [0.15, 0.2) is 27.8 Å². The molecule has 1 aromatic heterocycles. The van der Waals surface area contributed by atoms with Gasteiger partial charge in [0.1, 0.15) is 0 Å². The molecule has 0 aliphatic carbocycles. The van der Waals surface area contributed by atoms with E-state index in [1.807, 2.05) is 6.92 Å². The third kappa shape index (κ3) is 7.22. The van der Waals surface area contributed by atoms with Gasteiger partial charge in [-0.15, -0.1) is 24.0 Å². The number of nitrogens with one attached hydrogen (secondary N) is 2. The topological polar surface area (TPSA) is 113 Å². The van der Waals surface area contributed by atoms with Crippen LogP contribution in [-0.2, 0) is 4.79 Å². The zero-order valence-corrected chi connectivity index (χ0v) is 17.4. The molecule has 2 amide bonds. The number of carbonyl (C=O) groups excluding carboxylic acids is 2. The quantitative estimate of drug-likeness (QED) is 0.236. The fraction of sp³-hybridized carbons (Fsp3) is 0.588. The number of likely N-dealkylation sites (tertiary alicyclic amines) is 1. The minimum absolute atomic E-state index is 0. The van der Waals surface area contributed by atoms with Crippen molar-refractivity contribution in [3.05, 3.63) is 24.2 Å². The zero-order chi connectivity index (χ0) is 18.1. The number of hydrogen-bond donors (Lipinski definition) is 3. The monoisotopic (exact) mass is 477 g/mol. The summed E-state index contributed by atoms with van der Waals surface area (Å²) < 4.78 is 5.04. The van der Waals surface area contributed by atoms with E-state index in [4.69, 9.17) is 10.2 Å². The fourth-order valence-corrected chi connectivity index (χ4v) is 2.96. The van der Waals surface area contributed by atoms with Crippen LogP contribution in [0.4, 0.5) is 0 Å². The summed E-state index contributed by atoms with van der Waals surface area (Å²) in [4.78, 5) is 29.7. The molecule has 2 rings (SSSR count). The fourth-order valence-electron chi connectivity index (χ4n) is 2.96. The van der Waals surface area contributed by atoms with E-state index in [1.165, 1.54) is 6.26 Å². The molecule has 1 unspecified atom stereocenters. The summed E-state index contributed by atoms with van der Waals surface area (Å²) >= 11 is 0. The molecule has 1 aliphatic rings. The van der Waals surface area contributed by atoms with Gasteiger partial charge < -0.3 is 25.7 Å². The van der Waals surface area contributed by atoms with Crippen molar-refractivity contribution in [1.29, 1.82) is 0 Å². The number of halogens is 1. The van der Waals surface area contributed by atoms with Crippen LogP contribution in [-0.4, -0.2) is 55.4 Å². The van der Waals surface area contributed by atoms with Crippen LogP contribution in [0.3, 0.4) is 0 Å². The third-order valence-corrected chi connectivity index (χ3v) is 4.05. The molecular formula is C17H28IN5O3. The molecule has 1 saturated heterocycles. The summed E-state index contributed by atoms with van der Waals surface area (Å²) in [6, 6.07) is 3.30. The van der Waals surface area contributed by atoms with Crippen molar-refractivity contribution in [2.24, 2.45) is 16.6 Å². The Labute approximate surface area is 171 Å².